The van der Waals surface area contributed by atoms with Crippen LogP contribution >= 0.6 is 0 Å². The molecule has 0 aliphatic rings. The average Bonchev–Trinajstić information content (AvgIpc) is 2.69. The lowest BCUT2D eigenvalue weighted by molar-refractivity contribution is 0.0726. The second-order valence-electron chi connectivity index (χ2n) is 6.49. The highest BCUT2D eigenvalue weighted by Gasteiger charge is 2.23. The number of aryl methyl sites for hydroxylation is 1. The molecule has 1 heterocycles. The SMILES string of the molecule is CCC(c1cccnc1)N(C)C(=O)c1ccccc1-c1ccccc1C. The van der Waals surface area contributed by atoms with E-state index in [2.05, 4.69) is 31.0 Å². The maximum atomic E-state index is 13.3. The largest absolute Gasteiger partial charge is 0.335 e. The Morgan fingerprint density at radius 2 is 1.69 bits per heavy atom. The molecular weight excluding hydrogens is 320 g/mol. The van der Waals surface area contributed by atoms with Crippen LogP contribution < -0.4 is 0 Å². The molecule has 26 heavy (non-hydrogen) atoms. The van der Waals surface area contributed by atoms with Gasteiger partial charge < -0.3 is 4.90 Å². The number of nitrogens with zero attached hydrogens (tertiary/aromatic N) is 2. The van der Waals surface area contributed by atoms with Gasteiger partial charge in [-0.05, 0) is 47.7 Å². The number of hydrogen-bond donors (Lipinski definition) is 0. The van der Waals surface area contributed by atoms with E-state index in [0.29, 0.717) is 0 Å². The Balaban J connectivity index is 1.99. The highest BCUT2D eigenvalue weighted by atomic mass is 16.2. The molecule has 0 aliphatic heterocycles. The van der Waals surface area contributed by atoms with Crippen molar-refractivity contribution in [2.45, 2.75) is 26.3 Å². The first kappa shape index (κ1) is 17.9. The number of rotatable bonds is 5. The summed E-state index contributed by atoms with van der Waals surface area (Å²) in [6, 6.07) is 20.0. The Morgan fingerprint density at radius 1 is 1.00 bits per heavy atom. The van der Waals surface area contributed by atoms with Gasteiger partial charge in [0.05, 0.1) is 6.04 Å². The summed E-state index contributed by atoms with van der Waals surface area (Å²) in [4.78, 5) is 19.4. The van der Waals surface area contributed by atoms with Gasteiger partial charge in [-0.1, -0.05) is 55.5 Å². The number of pyridine rings is 1. The molecule has 0 saturated heterocycles. The fourth-order valence-electron chi connectivity index (χ4n) is 3.42. The van der Waals surface area contributed by atoms with Gasteiger partial charge in [0.15, 0.2) is 0 Å². The van der Waals surface area contributed by atoms with Crippen molar-refractivity contribution in [3.05, 3.63) is 89.7 Å². The average molecular weight is 344 g/mol. The van der Waals surface area contributed by atoms with E-state index in [4.69, 9.17) is 0 Å². The predicted octanol–water partition coefficient (Wildman–Crippen LogP) is 5.28. The Morgan fingerprint density at radius 3 is 2.35 bits per heavy atom. The van der Waals surface area contributed by atoms with Crippen LogP contribution in [0.2, 0.25) is 0 Å². The highest BCUT2D eigenvalue weighted by Crippen LogP contribution is 2.30. The molecule has 1 unspecified atom stereocenters. The molecular formula is C23H24N2O. The van der Waals surface area contributed by atoms with Gasteiger partial charge >= 0.3 is 0 Å². The summed E-state index contributed by atoms with van der Waals surface area (Å²) in [5.41, 5.74) is 5.02. The normalized spacial score (nSPS) is 11.8. The second kappa shape index (κ2) is 7.96. The van der Waals surface area contributed by atoms with E-state index in [0.717, 1.165) is 34.2 Å². The van der Waals surface area contributed by atoms with Crippen LogP contribution in [0.1, 0.15) is 40.9 Å². The summed E-state index contributed by atoms with van der Waals surface area (Å²) in [5, 5.41) is 0. The van der Waals surface area contributed by atoms with Crippen LogP contribution in [0.15, 0.2) is 73.1 Å². The van der Waals surface area contributed by atoms with Crippen LogP contribution in [0.25, 0.3) is 11.1 Å². The van der Waals surface area contributed by atoms with E-state index < -0.39 is 0 Å². The lowest BCUT2D eigenvalue weighted by Gasteiger charge is -2.28. The molecule has 2 aromatic carbocycles. The molecule has 3 rings (SSSR count). The van der Waals surface area contributed by atoms with Gasteiger partial charge in [0.1, 0.15) is 0 Å². The molecule has 1 atom stereocenters. The van der Waals surface area contributed by atoms with Crippen LogP contribution in [0.4, 0.5) is 0 Å². The fourth-order valence-corrected chi connectivity index (χ4v) is 3.42. The third-order valence-electron chi connectivity index (χ3n) is 4.84. The Hall–Kier alpha value is -2.94. The topological polar surface area (TPSA) is 33.2 Å². The zero-order valence-electron chi connectivity index (χ0n) is 15.5. The molecule has 0 fully saturated rings. The minimum Gasteiger partial charge on any atom is -0.335 e. The molecule has 132 valence electrons. The minimum absolute atomic E-state index is 0.00104. The van der Waals surface area contributed by atoms with Crippen molar-refractivity contribution < 1.29 is 4.79 Å². The van der Waals surface area contributed by atoms with Crippen LogP contribution in [-0.2, 0) is 0 Å². The van der Waals surface area contributed by atoms with Gasteiger partial charge in [0, 0.05) is 25.0 Å². The lowest BCUT2D eigenvalue weighted by Crippen LogP contribution is -2.31. The highest BCUT2D eigenvalue weighted by molar-refractivity contribution is 6.01. The van der Waals surface area contributed by atoms with Gasteiger partial charge in [0.25, 0.3) is 5.91 Å². The molecule has 1 amide bonds. The maximum absolute atomic E-state index is 13.3. The Bertz CT molecular complexity index is 889. The van der Waals surface area contributed by atoms with Gasteiger partial charge in [0.2, 0.25) is 0 Å². The van der Waals surface area contributed by atoms with Crippen LogP contribution in [0.3, 0.4) is 0 Å². The van der Waals surface area contributed by atoms with E-state index >= 15 is 0 Å². The molecule has 0 aliphatic carbocycles. The number of aromatic nitrogens is 1. The van der Waals surface area contributed by atoms with Gasteiger partial charge in [-0.15, -0.1) is 0 Å². The Labute approximate surface area is 155 Å². The molecule has 3 heteroatoms. The molecule has 3 aromatic rings. The van der Waals surface area contributed by atoms with Crippen molar-refractivity contribution in [2.75, 3.05) is 7.05 Å². The van der Waals surface area contributed by atoms with E-state index in [1.165, 1.54) is 0 Å². The van der Waals surface area contributed by atoms with Crippen LogP contribution in [0, 0.1) is 6.92 Å². The zero-order chi connectivity index (χ0) is 18.5. The van der Waals surface area contributed by atoms with Gasteiger partial charge in [-0.3, -0.25) is 9.78 Å². The summed E-state index contributed by atoms with van der Waals surface area (Å²) in [6.45, 7) is 4.17. The van der Waals surface area contributed by atoms with Crippen molar-refractivity contribution >= 4 is 5.91 Å². The number of benzene rings is 2. The standard InChI is InChI=1S/C23H24N2O/c1-4-22(18-11-9-15-24-16-18)25(3)23(26)21-14-8-7-13-20(21)19-12-6-5-10-17(19)2/h5-16,22H,4H2,1-3H3. The zero-order valence-corrected chi connectivity index (χ0v) is 15.5. The van der Waals surface area contributed by atoms with Gasteiger partial charge in [-0.2, -0.15) is 0 Å². The van der Waals surface area contributed by atoms with Crippen molar-refractivity contribution in [3.63, 3.8) is 0 Å². The van der Waals surface area contributed by atoms with Crippen molar-refractivity contribution in [2.24, 2.45) is 0 Å². The smallest absolute Gasteiger partial charge is 0.254 e. The number of hydrogen-bond acceptors (Lipinski definition) is 2. The summed E-state index contributed by atoms with van der Waals surface area (Å²) >= 11 is 0. The lowest BCUT2D eigenvalue weighted by atomic mass is 9.94. The molecule has 0 N–H and O–H groups in total. The quantitative estimate of drug-likeness (QED) is 0.631. The van der Waals surface area contributed by atoms with Crippen molar-refractivity contribution in [3.8, 4) is 11.1 Å². The third kappa shape index (κ3) is 3.52. The molecule has 3 nitrogen and oxygen atoms in total. The number of carbonyl (C=O) groups is 1. The monoisotopic (exact) mass is 344 g/mol. The predicted molar refractivity (Wildman–Crippen MR) is 106 cm³/mol. The fraction of sp³-hybridized carbons (Fsp3) is 0.217. The Kier molecular flexibility index (Phi) is 5.47. The number of amides is 1. The first-order valence-corrected chi connectivity index (χ1v) is 8.95. The van der Waals surface area contributed by atoms with E-state index in [9.17, 15) is 4.79 Å². The number of carbonyl (C=O) groups excluding carboxylic acids is 1. The van der Waals surface area contributed by atoms with Gasteiger partial charge in [-0.25, -0.2) is 0 Å². The van der Waals surface area contributed by atoms with Crippen molar-refractivity contribution in [1.29, 1.82) is 0 Å². The molecule has 0 saturated carbocycles. The molecule has 1 aromatic heterocycles. The van der Waals surface area contributed by atoms with E-state index in [1.807, 2.05) is 66.7 Å². The summed E-state index contributed by atoms with van der Waals surface area (Å²) < 4.78 is 0. The van der Waals surface area contributed by atoms with Crippen LogP contribution in [-0.4, -0.2) is 22.8 Å². The van der Waals surface area contributed by atoms with Crippen molar-refractivity contribution in [1.82, 2.24) is 9.88 Å². The maximum Gasteiger partial charge on any atom is 0.254 e. The molecule has 0 radical (unpaired) electrons. The summed E-state index contributed by atoms with van der Waals surface area (Å²) in [5.74, 6) is 0.0274. The third-order valence-corrected chi connectivity index (χ3v) is 4.84. The minimum atomic E-state index is 0.00104. The van der Waals surface area contributed by atoms with Crippen LogP contribution in [0.5, 0.6) is 0 Å². The van der Waals surface area contributed by atoms with E-state index in [-0.39, 0.29) is 11.9 Å². The molecule has 0 spiro atoms. The summed E-state index contributed by atoms with van der Waals surface area (Å²) in [7, 11) is 1.87. The second-order valence-corrected chi connectivity index (χ2v) is 6.49. The summed E-state index contributed by atoms with van der Waals surface area (Å²) in [6.07, 6.45) is 4.43. The van der Waals surface area contributed by atoms with E-state index in [1.54, 1.807) is 6.20 Å². The molecule has 0 bridgehead atoms. The first-order chi connectivity index (χ1) is 12.6. The first-order valence-electron chi connectivity index (χ1n) is 8.95.